The summed E-state index contributed by atoms with van der Waals surface area (Å²) >= 11 is 5.82. The molecule has 0 bridgehead atoms. The fraction of sp³-hybridized carbons (Fsp3) is 0.130. The van der Waals surface area contributed by atoms with Crippen molar-refractivity contribution in [1.29, 1.82) is 0 Å². The SMILES string of the molecule is CC(=O)N1N=C(c2ccc(NS(=O)(=O)c3ccc(Cl)cc3)cc2)CC1c1cccc([N+](=O)[O-])c1. The van der Waals surface area contributed by atoms with Gasteiger partial charge in [0.25, 0.3) is 15.7 Å². The van der Waals surface area contributed by atoms with Gasteiger partial charge in [-0.15, -0.1) is 0 Å². The van der Waals surface area contributed by atoms with Crippen LogP contribution in [0.2, 0.25) is 5.02 Å². The first-order valence-electron chi connectivity index (χ1n) is 10.1. The number of nitrogens with zero attached hydrogens (tertiary/aromatic N) is 3. The van der Waals surface area contributed by atoms with Crippen molar-refractivity contribution in [2.45, 2.75) is 24.3 Å². The summed E-state index contributed by atoms with van der Waals surface area (Å²) in [5.74, 6) is -0.293. The number of rotatable bonds is 6. The molecule has 1 N–H and O–H groups in total. The molecule has 0 radical (unpaired) electrons. The summed E-state index contributed by atoms with van der Waals surface area (Å²) in [4.78, 5) is 22.9. The molecule has 0 aromatic heterocycles. The van der Waals surface area contributed by atoms with E-state index in [0.29, 0.717) is 34.0 Å². The van der Waals surface area contributed by atoms with Crippen LogP contribution in [0.3, 0.4) is 0 Å². The molecule has 11 heteroatoms. The van der Waals surface area contributed by atoms with Gasteiger partial charge in [-0.3, -0.25) is 19.6 Å². The minimum absolute atomic E-state index is 0.0632. The number of hydrogen-bond acceptors (Lipinski definition) is 6. The van der Waals surface area contributed by atoms with E-state index in [0.717, 1.165) is 0 Å². The Morgan fingerprint density at radius 3 is 2.41 bits per heavy atom. The molecule has 0 fully saturated rings. The van der Waals surface area contributed by atoms with Gasteiger partial charge in [-0.1, -0.05) is 35.9 Å². The average molecular weight is 499 g/mol. The molecule has 1 atom stereocenters. The summed E-state index contributed by atoms with van der Waals surface area (Å²) in [6.07, 6.45) is 0.358. The highest BCUT2D eigenvalue weighted by Crippen LogP contribution is 2.34. The van der Waals surface area contributed by atoms with Crippen LogP contribution in [0.1, 0.15) is 30.5 Å². The van der Waals surface area contributed by atoms with Gasteiger partial charge in [-0.25, -0.2) is 13.4 Å². The van der Waals surface area contributed by atoms with E-state index in [1.807, 2.05) is 0 Å². The van der Waals surface area contributed by atoms with Gasteiger partial charge in [0.2, 0.25) is 5.91 Å². The quantitative estimate of drug-likeness (QED) is 0.388. The molecular formula is C23H19ClN4O5S. The maximum Gasteiger partial charge on any atom is 0.269 e. The van der Waals surface area contributed by atoms with Crippen LogP contribution in [-0.4, -0.2) is 30.0 Å². The largest absolute Gasteiger partial charge is 0.280 e. The van der Waals surface area contributed by atoms with Crippen LogP contribution in [0.25, 0.3) is 0 Å². The van der Waals surface area contributed by atoms with Crippen molar-refractivity contribution in [3.63, 3.8) is 0 Å². The van der Waals surface area contributed by atoms with Crippen molar-refractivity contribution in [1.82, 2.24) is 5.01 Å². The molecule has 0 aliphatic carbocycles. The highest BCUT2D eigenvalue weighted by molar-refractivity contribution is 7.92. The Morgan fingerprint density at radius 2 is 1.79 bits per heavy atom. The van der Waals surface area contributed by atoms with Crippen LogP contribution in [0.15, 0.2) is 82.8 Å². The molecule has 1 heterocycles. The van der Waals surface area contributed by atoms with Crippen molar-refractivity contribution in [3.8, 4) is 0 Å². The number of carbonyl (C=O) groups is 1. The second-order valence-electron chi connectivity index (χ2n) is 7.62. The summed E-state index contributed by atoms with van der Waals surface area (Å²) in [7, 11) is -3.78. The number of sulfonamides is 1. The number of hydrogen-bond donors (Lipinski definition) is 1. The highest BCUT2D eigenvalue weighted by atomic mass is 35.5. The van der Waals surface area contributed by atoms with Gasteiger partial charge >= 0.3 is 0 Å². The maximum atomic E-state index is 12.6. The second-order valence-corrected chi connectivity index (χ2v) is 9.74. The van der Waals surface area contributed by atoms with Crippen molar-refractivity contribution in [2.75, 3.05) is 4.72 Å². The summed E-state index contributed by atoms with van der Waals surface area (Å²) in [6.45, 7) is 1.38. The summed E-state index contributed by atoms with van der Waals surface area (Å²) in [5.41, 5.74) is 2.21. The maximum absolute atomic E-state index is 12.6. The number of halogens is 1. The first-order valence-corrected chi connectivity index (χ1v) is 12.0. The first-order chi connectivity index (χ1) is 16.1. The number of amides is 1. The number of anilines is 1. The molecule has 174 valence electrons. The molecule has 34 heavy (non-hydrogen) atoms. The zero-order chi connectivity index (χ0) is 24.5. The van der Waals surface area contributed by atoms with Gasteiger partial charge in [0.15, 0.2) is 0 Å². The predicted molar refractivity (Wildman–Crippen MR) is 128 cm³/mol. The molecule has 0 spiro atoms. The number of benzene rings is 3. The van der Waals surface area contributed by atoms with Crippen LogP contribution in [0.5, 0.6) is 0 Å². The predicted octanol–water partition coefficient (Wildman–Crippen LogP) is 4.75. The lowest BCUT2D eigenvalue weighted by molar-refractivity contribution is -0.385. The van der Waals surface area contributed by atoms with Crippen molar-refractivity contribution in [2.24, 2.45) is 5.10 Å². The lowest BCUT2D eigenvalue weighted by Gasteiger charge is -2.20. The second kappa shape index (κ2) is 9.24. The summed E-state index contributed by atoms with van der Waals surface area (Å²) in [6, 6.07) is 18.1. The number of carbonyl (C=O) groups excluding carboxylic acids is 1. The Kier molecular flexibility index (Phi) is 6.36. The molecule has 3 aromatic rings. The van der Waals surface area contributed by atoms with Crippen LogP contribution < -0.4 is 4.72 Å². The van der Waals surface area contributed by atoms with E-state index < -0.39 is 21.0 Å². The van der Waals surface area contributed by atoms with E-state index in [4.69, 9.17) is 11.6 Å². The molecule has 3 aromatic carbocycles. The number of hydrazone groups is 1. The molecular weight excluding hydrogens is 480 g/mol. The lowest BCUT2D eigenvalue weighted by atomic mass is 9.98. The highest BCUT2D eigenvalue weighted by Gasteiger charge is 2.32. The summed E-state index contributed by atoms with van der Waals surface area (Å²) in [5, 5.41) is 17.3. The lowest BCUT2D eigenvalue weighted by Crippen LogP contribution is -2.24. The van der Waals surface area contributed by atoms with E-state index >= 15 is 0 Å². The Hall–Kier alpha value is -3.76. The third-order valence-corrected chi connectivity index (χ3v) is 6.94. The van der Waals surface area contributed by atoms with Crippen LogP contribution in [0, 0.1) is 10.1 Å². The van der Waals surface area contributed by atoms with Crippen LogP contribution >= 0.6 is 11.6 Å². The van der Waals surface area contributed by atoms with E-state index in [2.05, 4.69) is 9.82 Å². The topological polar surface area (TPSA) is 122 Å². The van der Waals surface area contributed by atoms with Crippen molar-refractivity contribution in [3.05, 3.63) is 99.1 Å². The van der Waals surface area contributed by atoms with E-state index in [9.17, 15) is 23.3 Å². The third-order valence-electron chi connectivity index (χ3n) is 5.29. The number of nitro groups is 1. The normalized spacial score (nSPS) is 15.6. The van der Waals surface area contributed by atoms with Gasteiger partial charge < -0.3 is 0 Å². The molecule has 0 saturated carbocycles. The van der Waals surface area contributed by atoms with Crippen molar-refractivity contribution >= 4 is 44.6 Å². The Bertz CT molecular complexity index is 1390. The Balaban J connectivity index is 1.55. The smallest absolute Gasteiger partial charge is 0.269 e. The Labute approximate surface area is 200 Å². The van der Waals surface area contributed by atoms with E-state index in [-0.39, 0.29) is 16.5 Å². The van der Waals surface area contributed by atoms with Gasteiger partial charge in [-0.2, -0.15) is 5.10 Å². The van der Waals surface area contributed by atoms with Gasteiger partial charge in [-0.05, 0) is 47.5 Å². The van der Waals surface area contributed by atoms with Crippen molar-refractivity contribution < 1.29 is 18.1 Å². The summed E-state index contributed by atoms with van der Waals surface area (Å²) < 4.78 is 27.7. The van der Waals surface area contributed by atoms with Crippen LogP contribution in [0.4, 0.5) is 11.4 Å². The molecule has 1 aliphatic rings. The van der Waals surface area contributed by atoms with Crippen LogP contribution in [-0.2, 0) is 14.8 Å². The third kappa shape index (κ3) is 4.92. The van der Waals surface area contributed by atoms with Gasteiger partial charge in [0.05, 0.1) is 21.6 Å². The molecule has 4 rings (SSSR count). The first kappa shape index (κ1) is 23.4. The Morgan fingerprint density at radius 1 is 1.12 bits per heavy atom. The number of nitro benzene ring substituents is 1. The van der Waals surface area contributed by atoms with E-state index in [1.54, 1.807) is 36.4 Å². The molecule has 0 saturated heterocycles. The molecule has 9 nitrogen and oxygen atoms in total. The monoisotopic (exact) mass is 498 g/mol. The van der Waals surface area contributed by atoms with E-state index in [1.165, 1.54) is 48.3 Å². The minimum Gasteiger partial charge on any atom is -0.280 e. The number of non-ortho nitro benzene ring substituents is 1. The van der Waals surface area contributed by atoms with Gasteiger partial charge in [0, 0.05) is 36.2 Å². The molecule has 1 aliphatic heterocycles. The molecule has 1 unspecified atom stereocenters. The fourth-order valence-corrected chi connectivity index (χ4v) is 4.82. The minimum atomic E-state index is -3.78. The number of nitrogens with one attached hydrogen (secondary N) is 1. The fourth-order valence-electron chi connectivity index (χ4n) is 3.64. The zero-order valence-corrected chi connectivity index (χ0v) is 19.5. The molecule has 1 amide bonds. The average Bonchev–Trinajstić information content (AvgIpc) is 3.26. The standard InChI is InChI=1S/C23H19ClN4O5S/c1-15(29)27-23(17-3-2-4-20(13-17)28(30)31)14-22(25-27)16-5-9-19(10-6-16)26-34(32,33)21-11-7-18(24)8-12-21/h2-13,23,26H,14H2,1H3. The van der Waals surface area contributed by atoms with Gasteiger partial charge in [0.1, 0.15) is 0 Å². The zero-order valence-electron chi connectivity index (χ0n) is 17.9.